The van der Waals surface area contributed by atoms with Crippen LogP contribution in [0.1, 0.15) is 51.4 Å². The van der Waals surface area contributed by atoms with Crippen LogP contribution in [0, 0.1) is 0 Å². The molecule has 0 fully saturated rings. The largest absolute Gasteiger partial charge is 0.478 e. The molecule has 1 aromatic heterocycles. The first kappa shape index (κ1) is 26.4. The van der Waals surface area contributed by atoms with Crippen LogP contribution in [-0.2, 0) is 9.53 Å². The van der Waals surface area contributed by atoms with Gasteiger partial charge in [0.25, 0.3) is 5.56 Å². The second kappa shape index (κ2) is 11.5. The van der Waals surface area contributed by atoms with Crippen LogP contribution in [0.25, 0.3) is 10.9 Å². The Morgan fingerprint density at radius 1 is 1.20 bits per heavy atom. The second-order valence-corrected chi connectivity index (χ2v) is 9.35. The van der Waals surface area contributed by atoms with E-state index in [9.17, 15) is 9.59 Å². The molecule has 0 spiro atoms. The smallest absolute Gasteiger partial charge is 0.347 e. The number of nitrogens with zero attached hydrogens (tertiary/aromatic N) is 4. The zero-order chi connectivity index (χ0) is 25.7. The molecule has 0 N–H and O–H groups in total. The highest BCUT2D eigenvalue weighted by atomic mass is 79.9. The van der Waals surface area contributed by atoms with Gasteiger partial charge in [-0.05, 0) is 50.6 Å². The predicted octanol–water partition coefficient (Wildman–Crippen LogP) is 4.95. The number of carbonyl (C=O) groups is 1. The Kier molecular flexibility index (Phi) is 8.67. The van der Waals surface area contributed by atoms with Gasteiger partial charge in [0.1, 0.15) is 11.6 Å². The number of fused-ring (bicyclic) bond motifs is 1. The van der Waals surface area contributed by atoms with E-state index >= 15 is 0 Å². The van der Waals surface area contributed by atoms with Crippen LogP contribution in [0.2, 0.25) is 0 Å². The Labute approximate surface area is 213 Å². The zero-order valence-corrected chi connectivity index (χ0v) is 22.5. The summed E-state index contributed by atoms with van der Waals surface area (Å²) >= 11 is 3.43. The number of ether oxygens (including phenoxy) is 2. The van der Waals surface area contributed by atoms with Crippen molar-refractivity contribution in [2.24, 2.45) is 5.10 Å². The Bertz CT molecular complexity index is 1300. The van der Waals surface area contributed by atoms with Crippen molar-refractivity contribution in [1.29, 1.82) is 0 Å². The minimum Gasteiger partial charge on any atom is -0.478 e. The van der Waals surface area contributed by atoms with Crippen molar-refractivity contribution in [3.8, 4) is 5.75 Å². The van der Waals surface area contributed by atoms with Crippen LogP contribution < -0.4 is 15.2 Å². The fourth-order valence-electron chi connectivity index (χ4n) is 3.41. The van der Waals surface area contributed by atoms with Crippen molar-refractivity contribution in [3.63, 3.8) is 0 Å². The van der Waals surface area contributed by atoms with Crippen LogP contribution in [-0.4, -0.2) is 48.7 Å². The van der Waals surface area contributed by atoms with Crippen molar-refractivity contribution >= 4 is 44.7 Å². The van der Waals surface area contributed by atoms with Gasteiger partial charge >= 0.3 is 5.97 Å². The predicted molar refractivity (Wildman–Crippen MR) is 143 cm³/mol. The average molecular weight is 543 g/mol. The van der Waals surface area contributed by atoms with Gasteiger partial charge in [0.2, 0.25) is 0 Å². The van der Waals surface area contributed by atoms with Gasteiger partial charge in [0.15, 0.2) is 6.10 Å². The minimum absolute atomic E-state index is 0.0172. The van der Waals surface area contributed by atoms with Gasteiger partial charge in [-0.3, -0.25) is 4.79 Å². The molecule has 186 valence electrons. The maximum atomic E-state index is 13.4. The second-order valence-electron chi connectivity index (χ2n) is 8.43. The van der Waals surface area contributed by atoms with Crippen molar-refractivity contribution in [2.75, 3.05) is 25.6 Å². The molecule has 0 aliphatic heterocycles. The Hall–Kier alpha value is -3.20. The fourth-order valence-corrected chi connectivity index (χ4v) is 3.77. The lowest BCUT2D eigenvalue weighted by molar-refractivity contribution is -0.150. The van der Waals surface area contributed by atoms with E-state index in [-0.39, 0.29) is 18.1 Å². The summed E-state index contributed by atoms with van der Waals surface area (Å²) in [7, 11) is 3.83. The summed E-state index contributed by atoms with van der Waals surface area (Å²) in [6, 6.07) is 11.0. The van der Waals surface area contributed by atoms with Crippen LogP contribution in [0.4, 0.5) is 5.69 Å². The number of rotatable bonds is 9. The summed E-state index contributed by atoms with van der Waals surface area (Å²) in [5.74, 6) is 0.597. The number of carbonyl (C=O) groups excluding carboxylic acids is 1. The Balaban J connectivity index is 2.11. The first-order chi connectivity index (χ1) is 16.7. The summed E-state index contributed by atoms with van der Waals surface area (Å²) in [5.41, 5.74) is 1.88. The van der Waals surface area contributed by atoms with Crippen molar-refractivity contribution < 1.29 is 14.3 Å². The Morgan fingerprint density at radius 3 is 2.60 bits per heavy atom. The molecule has 0 amide bonds. The van der Waals surface area contributed by atoms with Gasteiger partial charge in [0, 0.05) is 41.8 Å². The van der Waals surface area contributed by atoms with Crippen molar-refractivity contribution in [3.05, 3.63) is 62.6 Å². The standard InChI is InChI=1S/C26H31BrN4O4/c1-7-16(3)24-29-22-12-10-19(27)13-21(22)25(32)31(24)28-15-18-9-11-20(30(5)6)14-23(18)35-17(4)26(33)34-8-2/h9-17H,7-8H2,1-6H3/t16-,17+/m1/s1. The number of hydrogen-bond donors (Lipinski definition) is 0. The van der Waals surface area contributed by atoms with E-state index in [1.807, 2.05) is 63.2 Å². The molecule has 0 radical (unpaired) electrons. The summed E-state index contributed by atoms with van der Waals surface area (Å²) in [6.07, 6.45) is 1.55. The SMILES string of the molecule is CCOC(=O)[C@H](C)Oc1cc(N(C)C)ccc1C=Nn1c([C@H](C)CC)nc2ccc(Br)cc2c1=O. The topological polar surface area (TPSA) is 86.0 Å². The number of anilines is 1. The lowest BCUT2D eigenvalue weighted by atomic mass is 10.1. The molecule has 0 saturated heterocycles. The monoisotopic (exact) mass is 542 g/mol. The number of hydrogen-bond acceptors (Lipinski definition) is 7. The molecule has 0 unspecified atom stereocenters. The Morgan fingerprint density at radius 2 is 1.94 bits per heavy atom. The summed E-state index contributed by atoms with van der Waals surface area (Å²) in [6.45, 7) is 7.71. The summed E-state index contributed by atoms with van der Waals surface area (Å²) < 4.78 is 13.2. The first-order valence-corrected chi connectivity index (χ1v) is 12.4. The van der Waals surface area contributed by atoms with E-state index in [2.05, 4.69) is 21.0 Å². The highest BCUT2D eigenvalue weighted by molar-refractivity contribution is 9.10. The number of esters is 1. The van der Waals surface area contributed by atoms with Crippen LogP contribution >= 0.6 is 15.9 Å². The third kappa shape index (κ3) is 6.08. The van der Waals surface area contributed by atoms with E-state index in [1.165, 1.54) is 4.68 Å². The lowest BCUT2D eigenvalue weighted by Gasteiger charge is -2.19. The molecule has 2 atom stereocenters. The van der Waals surface area contributed by atoms with Gasteiger partial charge in [-0.15, -0.1) is 0 Å². The van der Waals surface area contributed by atoms with E-state index in [0.717, 1.165) is 16.6 Å². The highest BCUT2D eigenvalue weighted by Crippen LogP contribution is 2.26. The molecular formula is C26H31BrN4O4. The first-order valence-electron chi connectivity index (χ1n) is 11.6. The molecule has 0 aliphatic rings. The third-order valence-electron chi connectivity index (χ3n) is 5.63. The van der Waals surface area contributed by atoms with Crippen LogP contribution in [0.3, 0.4) is 0 Å². The number of aromatic nitrogens is 2. The van der Waals surface area contributed by atoms with E-state index < -0.39 is 12.1 Å². The minimum atomic E-state index is -0.808. The van der Waals surface area contributed by atoms with Gasteiger partial charge in [-0.25, -0.2) is 9.78 Å². The van der Waals surface area contributed by atoms with Gasteiger partial charge < -0.3 is 14.4 Å². The molecule has 0 saturated carbocycles. The average Bonchev–Trinajstić information content (AvgIpc) is 2.83. The zero-order valence-electron chi connectivity index (χ0n) is 20.9. The normalized spacial score (nSPS) is 13.1. The maximum absolute atomic E-state index is 13.4. The van der Waals surface area contributed by atoms with E-state index in [1.54, 1.807) is 26.1 Å². The van der Waals surface area contributed by atoms with Crippen molar-refractivity contribution in [1.82, 2.24) is 9.66 Å². The molecular weight excluding hydrogens is 512 g/mol. The summed E-state index contributed by atoms with van der Waals surface area (Å²) in [4.78, 5) is 32.2. The molecule has 3 aromatic rings. The molecule has 9 heteroatoms. The molecule has 3 rings (SSSR count). The molecule has 0 bridgehead atoms. The lowest BCUT2D eigenvalue weighted by Crippen LogP contribution is -2.26. The quantitative estimate of drug-likeness (QED) is 0.281. The van der Waals surface area contributed by atoms with Gasteiger partial charge in [-0.1, -0.05) is 29.8 Å². The maximum Gasteiger partial charge on any atom is 0.347 e. The van der Waals surface area contributed by atoms with Crippen LogP contribution in [0.5, 0.6) is 5.75 Å². The molecule has 8 nitrogen and oxygen atoms in total. The summed E-state index contributed by atoms with van der Waals surface area (Å²) in [5, 5.41) is 5.01. The molecule has 1 heterocycles. The van der Waals surface area contributed by atoms with Gasteiger partial charge in [0.05, 0.1) is 23.7 Å². The highest BCUT2D eigenvalue weighted by Gasteiger charge is 2.19. The fraction of sp³-hybridized carbons (Fsp3) is 0.385. The van der Waals surface area contributed by atoms with E-state index in [0.29, 0.717) is 28.0 Å². The van der Waals surface area contributed by atoms with Gasteiger partial charge in [-0.2, -0.15) is 9.78 Å². The van der Waals surface area contributed by atoms with Crippen LogP contribution in [0.15, 0.2) is 50.8 Å². The third-order valence-corrected chi connectivity index (χ3v) is 6.13. The number of benzene rings is 2. The van der Waals surface area contributed by atoms with Crippen molar-refractivity contribution in [2.45, 2.75) is 46.1 Å². The molecule has 2 aromatic carbocycles. The molecule has 35 heavy (non-hydrogen) atoms. The molecule has 0 aliphatic carbocycles. The number of halogens is 1. The van der Waals surface area contributed by atoms with E-state index in [4.69, 9.17) is 14.5 Å².